The molecular weight excluding hydrogens is 433 g/mol. The molecule has 2 heterocycles. The third-order valence-electron chi connectivity index (χ3n) is 6.10. The molecule has 6 nitrogen and oxygen atoms in total. The van der Waals surface area contributed by atoms with Crippen LogP contribution in [-0.4, -0.2) is 25.8 Å². The normalized spacial score (nSPS) is 15.2. The molecule has 1 unspecified atom stereocenters. The van der Waals surface area contributed by atoms with Crippen molar-refractivity contribution in [1.82, 2.24) is 14.8 Å². The first kappa shape index (κ1) is 23.0. The summed E-state index contributed by atoms with van der Waals surface area (Å²) in [7, 11) is 1.86. The van der Waals surface area contributed by atoms with Crippen LogP contribution in [0.3, 0.4) is 0 Å². The molecule has 4 rings (SSSR count). The number of anilines is 1. The number of carbonyl (C=O) groups excluding carboxylic acids is 1. The molecule has 0 aliphatic carbocycles. The zero-order valence-electron chi connectivity index (χ0n) is 18.8. The van der Waals surface area contributed by atoms with E-state index in [1.807, 2.05) is 30.7 Å². The number of halogens is 3. The predicted octanol–water partition coefficient (Wildman–Crippen LogP) is 4.57. The highest BCUT2D eigenvalue weighted by molar-refractivity contribution is 6.10. The number of carbonyl (C=O) groups is 1. The second-order valence-corrected chi connectivity index (χ2v) is 9.06. The van der Waals surface area contributed by atoms with Crippen molar-refractivity contribution in [3.05, 3.63) is 76.4 Å². The van der Waals surface area contributed by atoms with Gasteiger partial charge in [0.1, 0.15) is 12.2 Å². The number of nitrogens with zero attached hydrogens (tertiary/aromatic N) is 4. The van der Waals surface area contributed by atoms with Crippen molar-refractivity contribution in [2.45, 2.75) is 51.4 Å². The molecule has 0 saturated heterocycles. The molecule has 174 valence electrons. The van der Waals surface area contributed by atoms with E-state index in [0.29, 0.717) is 12.1 Å². The van der Waals surface area contributed by atoms with Crippen LogP contribution in [0, 0.1) is 0 Å². The standard InChI is InChI=1S/C24H25F3N4O2/c1-14(8-21-29-28-13-30(21)4)15-6-5-7-17(9-15)31-12-19-18(22(31)32)10-16(23(2,3)33)11-20(19)24(25,26)27/h5-7,9-11,13-14,33H,8,12H2,1-4H3. The molecule has 9 heteroatoms. The van der Waals surface area contributed by atoms with Crippen LogP contribution < -0.4 is 4.90 Å². The van der Waals surface area contributed by atoms with Crippen molar-refractivity contribution in [2.24, 2.45) is 7.05 Å². The molecular formula is C24H25F3N4O2. The average molecular weight is 458 g/mol. The maximum absolute atomic E-state index is 13.8. The maximum atomic E-state index is 13.8. The van der Waals surface area contributed by atoms with Crippen LogP contribution in [0.4, 0.5) is 18.9 Å². The quantitative estimate of drug-likeness (QED) is 0.608. The molecule has 2 aromatic carbocycles. The second kappa shape index (κ2) is 7.98. The van der Waals surface area contributed by atoms with Crippen molar-refractivity contribution in [3.63, 3.8) is 0 Å². The fraction of sp³-hybridized carbons (Fsp3) is 0.375. The van der Waals surface area contributed by atoms with Crippen LogP contribution in [0.1, 0.15) is 65.1 Å². The molecule has 1 aliphatic heterocycles. The van der Waals surface area contributed by atoms with E-state index in [1.165, 1.54) is 24.8 Å². The number of amides is 1. The topological polar surface area (TPSA) is 71.2 Å². The van der Waals surface area contributed by atoms with Gasteiger partial charge in [-0.1, -0.05) is 19.1 Å². The van der Waals surface area contributed by atoms with E-state index in [-0.39, 0.29) is 29.2 Å². The van der Waals surface area contributed by atoms with Crippen LogP contribution in [0.5, 0.6) is 0 Å². The molecule has 0 spiro atoms. The second-order valence-electron chi connectivity index (χ2n) is 9.06. The molecule has 1 amide bonds. The minimum absolute atomic E-state index is 0.0283. The van der Waals surface area contributed by atoms with Gasteiger partial charge in [0.2, 0.25) is 0 Å². The molecule has 0 fully saturated rings. The highest BCUT2D eigenvalue weighted by Gasteiger charge is 2.41. The Kier molecular flexibility index (Phi) is 5.56. The maximum Gasteiger partial charge on any atom is 0.416 e. The number of hydrogen-bond acceptors (Lipinski definition) is 4. The summed E-state index contributed by atoms with van der Waals surface area (Å²) in [6.45, 7) is 4.63. The molecule has 1 aliphatic rings. The Balaban J connectivity index is 1.69. The predicted molar refractivity (Wildman–Crippen MR) is 117 cm³/mol. The van der Waals surface area contributed by atoms with E-state index < -0.39 is 23.2 Å². The largest absolute Gasteiger partial charge is 0.416 e. The van der Waals surface area contributed by atoms with Gasteiger partial charge < -0.3 is 14.6 Å². The smallest absolute Gasteiger partial charge is 0.386 e. The molecule has 1 N–H and O–H groups in total. The lowest BCUT2D eigenvalue weighted by Gasteiger charge is -2.21. The summed E-state index contributed by atoms with van der Waals surface area (Å²) in [6.07, 6.45) is -2.39. The van der Waals surface area contributed by atoms with Crippen LogP contribution in [-0.2, 0) is 31.8 Å². The number of benzene rings is 2. The number of alkyl halides is 3. The van der Waals surface area contributed by atoms with E-state index >= 15 is 0 Å². The third-order valence-corrected chi connectivity index (χ3v) is 6.10. The van der Waals surface area contributed by atoms with Gasteiger partial charge in [0, 0.05) is 24.7 Å². The SMILES string of the molecule is CC(Cc1nncn1C)c1cccc(N2Cc3c(cc(C(C)(C)O)cc3C(F)(F)F)C2=O)c1. The molecule has 1 atom stereocenters. The highest BCUT2D eigenvalue weighted by atomic mass is 19.4. The number of aryl methyl sites for hydroxylation is 1. The zero-order chi connectivity index (χ0) is 24.1. The Bertz CT molecular complexity index is 1210. The zero-order valence-corrected chi connectivity index (χ0v) is 18.8. The first-order valence-corrected chi connectivity index (χ1v) is 10.6. The number of rotatable bonds is 5. The van der Waals surface area contributed by atoms with Gasteiger partial charge >= 0.3 is 6.18 Å². The Morgan fingerprint density at radius 3 is 2.52 bits per heavy atom. The van der Waals surface area contributed by atoms with Crippen molar-refractivity contribution in [1.29, 1.82) is 0 Å². The minimum atomic E-state index is -4.64. The molecule has 0 radical (unpaired) electrons. The summed E-state index contributed by atoms with van der Waals surface area (Å²) in [4.78, 5) is 14.5. The van der Waals surface area contributed by atoms with E-state index in [2.05, 4.69) is 10.2 Å². The third kappa shape index (κ3) is 4.37. The fourth-order valence-corrected chi connectivity index (χ4v) is 4.11. The van der Waals surface area contributed by atoms with E-state index in [9.17, 15) is 23.1 Å². The Hall–Kier alpha value is -3.20. The number of aromatic nitrogens is 3. The summed E-state index contributed by atoms with van der Waals surface area (Å²) in [5.41, 5.74) is -0.992. The van der Waals surface area contributed by atoms with Crippen LogP contribution in [0.15, 0.2) is 42.7 Å². The van der Waals surface area contributed by atoms with Crippen molar-refractivity contribution in [2.75, 3.05) is 4.90 Å². The van der Waals surface area contributed by atoms with Gasteiger partial charge in [-0.15, -0.1) is 10.2 Å². The average Bonchev–Trinajstić information content (AvgIpc) is 3.29. The molecule has 0 saturated carbocycles. The highest BCUT2D eigenvalue weighted by Crippen LogP contribution is 2.41. The summed E-state index contributed by atoms with van der Waals surface area (Å²) < 4.78 is 43.3. The fourth-order valence-electron chi connectivity index (χ4n) is 4.11. The van der Waals surface area contributed by atoms with Crippen LogP contribution in [0.2, 0.25) is 0 Å². The first-order valence-electron chi connectivity index (χ1n) is 10.6. The molecule has 1 aromatic heterocycles. The number of aliphatic hydroxyl groups is 1. The van der Waals surface area contributed by atoms with Crippen molar-refractivity contribution >= 4 is 11.6 Å². The van der Waals surface area contributed by atoms with Crippen molar-refractivity contribution < 1.29 is 23.1 Å². The van der Waals surface area contributed by atoms with Gasteiger partial charge in [-0.05, 0) is 60.7 Å². The Labute approximate surface area is 189 Å². The summed E-state index contributed by atoms with van der Waals surface area (Å²) in [5.74, 6) is 0.353. The first-order chi connectivity index (χ1) is 15.4. The van der Waals surface area contributed by atoms with E-state index in [4.69, 9.17) is 0 Å². The monoisotopic (exact) mass is 458 g/mol. The number of fused-ring (bicyclic) bond motifs is 1. The van der Waals surface area contributed by atoms with Gasteiger partial charge in [-0.2, -0.15) is 13.2 Å². The van der Waals surface area contributed by atoms with Crippen molar-refractivity contribution in [3.8, 4) is 0 Å². The minimum Gasteiger partial charge on any atom is -0.386 e. The molecule has 0 bridgehead atoms. The Morgan fingerprint density at radius 2 is 1.91 bits per heavy atom. The van der Waals surface area contributed by atoms with Crippen LogP contribution >= 0.6 is 0 Å². The van der Waals surface area contributed by atoms with Gasteiger partial charge in [-0.3, -0.25) is 4.79 Å². The van der Waals surface area contributed by atoms with Gasteiger partial charge in [0.05, 0.1) is 17.7 Å². The lowest BCUT2D eigenvalue weighted by molar-refractivity contribution is -0.138. The van der Waals surface area contributed by atoms with E-state index in [1.54, 1.807) is 18.5 Å². The molecule has 3 aromatic rings. The number of hydrogen-bond donors (Lipinski definition) is 1. The van der Waals surface area contributed by atoms with Gasteiger partial charge in [-0.25, -0.2) is 0 Å². The van der Waals surface area contributed by atoms with Gasteiger partial charge in [0.15, 0.2) is 0 Å². The van der Waals surface area contributed by atoms with E-state index in [0.717, 1.165) is 17.5 Å². The summed E-state index contributed by atoms with van der Waals surface area (Å²) >= 11 is 0. The lowest BCUT2D eigenvalue weighted by atomic mass is 9.91. The Morgan fingerprint density at radius 1 is 1.18 bits per heavy atom. The summed E-state index contributed by atoms with van der Waals surface area (Å²) in [5, 5.41) is 18.3. The van der Waals surface area contributed by atoms with Crippen LogP contribution in [0.25, 0.3) is 0 Å². The summed E-state index contributed by atoms with van der Waals surface area (Å²) in [6, 6.07) is 9.57. The lowest BCUT2D eigenvalue weighted by Crippen LogP contribution is -2.23. The van der Waals surface area contributed by atoms with Gasteiger partial charge in [0.25, 0.3) is 5.91 Å². The molecule has 33 heavy (non-hydrogen) atoms.